The Morgan fingerprint density at radius 1 is 1.26 bits per heavy atom. The number of hydrogen-bond donors (Lipinski definition) is 1. The number of halogens is 1. The number of pyridine rings is 1. The minimum absolute atomic E-state index is 0.0588. The van der Waals surface area contributed by atoms with Gasteiger partial charge in [-0.2, -0.15) is 0 Å². The van der Waals surface area contributed by atoms with Gasteiger partial charge in [0.25, 0.3) is 5.91 Å². The van der Waals surface area contributed by atoms with Crippen LogP contribution in [0.3, 0.4) is 0 Å². The molecule has 1 fully saturated rings. The van der Waals surface area contributed by atoms with Crippen LogP contribution in [0.25, 0.3) is 0 Å². The quantitative estimate of drug-likeness (QED) is 0.411. The van der Waals surface area contributed by atoms with Crippen molar-refractivity contribution in [3.63, 3.8) is 0 Å². The van der Waals surface area contributed by atoms with E-state index < -0.39 is 11.3 Å². The summed E-state index contributed by atoms with van der Waals surface area (Å²) in [7, 11) is 0. The fourth-order valence-corrected chi connectivity index (χ4v) is 3.82. The average Bonchev–Trinajstić information content (AvgIpc) is 3.11. The molecular formula is C20H14IN3O3. The summed E-state index contributed by atoms with van der Waals surface area (Å²) in [5.41, 5.74) is 0.953. The van der Waals surface area contributed by atoms with Crippen LogP contribution in [-0.2, 0) is 16.1 Å². The summed E-state index contributed by atoms with van der Waals surface area (Å²) in [6.07, 6.45) is 3.17. The fraction of sp³-hybridized carbons (Fsp3) is 0.200. The second-order valence-electron chi connectivity index (χ2n) is 6.59. The largest absolute Gasteiger partial charge is 0.332 e. The molecule has 1 aromatic heterocycles. The number of rotatable bonds is 2. The highest BCUT2D eigenvalue weighted by Crippen LogP contribution is 2.33. The van der Waals surface area contributed by atoms with Gasteiger partial charge in [0.15, 0.2) is 0 Å². The Bertz CT molecular complexity index is 1030. The van der Waals surface area contributed by atoms with E-state index in [1.54, 1.807) is 29.4 Å². The highest BCUT2D eigenvalue weighted by molar-refractivity contribution is 14.1. The van der Waals surface area contributed by atoms with Gasteiger partial charge in [-0.1, -0.05) is 17.9 Å². The molecule has 1 atom stereocenters. The van der Waals surface area contributed by atoms with Gasteiger partial charge in [0.1, 0.15) is 5.41 Å². The van der Waals surface area contributed by atoms with Gasteiger partial charge in [-0.15, -0.1) is 0 Å². The van der Waals surface area contributed by atoms with E-state index in [-0.39, 0.29) is 24.8 Å². The van der Waals surface area contributed by atoms with Crippen molar-refractivity contribution in [2.75, 3.05) is 6.54 Å². The van der Waals surface area contributed by atoms with E-state index in [1.165, 1.54) is 0 Å². The Labute approximate surface area is 169 Å². The molecule has 3 heterocycles. The van der Waals surface area contributed by atoms with Crippen LogP contribution < -0.4 is 5.32 Å². The number of nitrogens with one attached hydrogen (secondary N) is 1. The Hall–Kier alpha value is -2.73. The normalized spacial score (nSPS) is 20.9. The zero-order chi connectivity index (χ0) is 19.0. The van der Waals surface area contributed by atoms with E-state index in [4.69, 9.17) is 0 Å². The second-order valence-corrected chi connectivity index (χ2v) is 7.84. The van der Waals surface area contributed by atoms with Crippen molar-refractivity contribution in [3.05, 3.63) is 63.0 Å². The predicted molar refractivity (Wildman–Crippen MR) is 105 cm³/mol. The third-order valence-electron chi connectivity index (χ3n) is 4.67. The number of benzene rings is 1. The van der Waals surface area contributed by atoms with Crippen LogP contribution in [0.5, 0.6) is 0 Å². The lowest BCUT2D eigenvalue weighted by Gasteiger charge is -2.25. The smallest absolute Gasteiger partial charge is 0.254 e. The molecule has 0 aliphatic carbocycles. The van der Waals surface area contributed by atoms with Crippen molar-refractivity contribution >= 4 is 40.3 Å². The Morgan fingerprint density at radius 3 is 2.81 bits per heavy atom. The molecule has 2 aliphatic rings. The SMILES string of the molecule is O=C1C[C@@](C#Cc2cccnc2)(CN2Cc3ccc(I)cc3C2=O)C(=O)N1. The summed E-state index contributed by atoms with van der Waals surface area (Å²) in [5.74, 6) is 4.92. The molecule has 4 rings (SSSR count). The number of carbonyl (C=O) groups excluding carboxylic acids is 3. The number of hydrogen-bond acceptors (Lipinski definition) is 4. The van der Waals surface area contributed by atoms with Gasteiger partial charge in [0.2, 0.25) is 11.8 Å². The molecule has 1 aromatic carbocycles. The number of amides is 3. The van der Waals surface area contributed by atoms with Crippen LogP contribution in [0.1, 0.15) is 27.9 Å². The molecule has 0 spiro atoms. The van der Waals surface area contributed by atoms with Crippen LogP contribution in [0.2, 0.25) is 0 Å². The van der Waals surface area contributed by atoms with E-state index in [9.17, 15) is 14.4 Å². The number of carbonyl (C=O) groups is 3. The molecule has 6 nitrogen and oxygen atoms in total. The lowest BCUT2D eigenvalue weighted by Crippen LogP contribution is -2.42. The Balaban J connectivity index is 1.66. The predicted octanol–water partition coefficient (Wildman–Crippen LogP) is 1.73. The molecule has 0 radical (unpaired) electrons. The summed E-state index contributed by atoms with van der Waals surface area (Å²) in [4.78, 5) is 42.8. The minimum Gasteiger partial charge on any atom is -0.332 e. The molecule has 0 unspecified atom stereocenters. The first-order chi connectivity index (χ1) is 13.0. The molecule has 1 N–H and O–H groups in total. The Kier molecular flexibility index (Phi) is 4.44. The highest BCUT2D eigenvalue weighted by Gasteiger charge is 2.48. The molecular weight excluding hydrogens is 457 g/mol. The summed E-state index contributed by atoms with van der Waals surface area (Å²) in [5, 5.41) is 2.33. The molecule has 7 heteroatoms. The maximum absolute atomic E-state index is 12.8. The van der Waals surface area contributed by atoms with Crippen LogP contribution in [0.4, 0.5) is 0 Å². The zero-order valence-corrected chi connectivity index (χ0v) is 16.3. The lowest BCUT2D eigenvalue weighted by atomic mass is 9.86. The standard InChI is InChI=1S/C20H14IN3O3/c21-15-4-3-14-11-24(18(26)16(14)8-15)12-20(9-17(25)23-19(20)27)6-5-13-2-1-7-22-10-13/h1-4,7-8,10H,9,11-12H2,(H,23,25,27)/t20-/m0/s1. The molecule has 2 aromatic rings. The zero-order valence-electron chi connectivity index (χ0n) is 14.2. The van der Waals surface area contributed by atoms with E-state index in [0.717, 1.165) is 9.13 Å². The molecule has 2 aliphatic heterocycles. The van der Waals surface area contributed by atoms with Crippen molar-refractivity contribution in [3.8, 4) is 11.8 Å². The fourth-order valence-electron chi connectivity index (χ4n) is 3.33. The Morgan fingerprint density at radius 2 is 2.11 bits per heavy atom. The van der Waals surface area contributed by atoms with E-state index in [1.807, 2.05) is 18.2 Å². The maximum Gasteiger partial charge on any atom is 0.254 e. The monoisotopic (exact) mass is 471 g/mol. The van der Waals surface area contributed by atoms with Gasteiger partial charge in [0.05, 0.1) is 6.42 Å². The molecule has 27 heavy (non-hydrogen) atoms. The van der Waals surface area contributed by atoms with E-state index >= 15 is 0 Å². The summed E-state index contributed by atoms with van der Waals surface area (Å²) < 4.78 is 0.974. The topological polar surface area (TPSA) is 79.4 Å². The number of nitrogens with zero attached hydrogens (tertiary/aromatic N) is 2. The average molecular weight is 471 g/mol. The third kappa shape index (κ3) is 3.32. The third-order valence-corrected chi connectivity index (χ3v) is 5.34. The first kappa shape index (κ1) is 17.7. The minimum atomic E-state index is -1.25. The molecule has 0 saturated carbocycles. The molecule has 1 saturated heterocycles. The summed E-state index contributed by atoms with van der Waals surface area (Å²) in [6.45, 7) is 0.477. The van der Waals surface area contributed by atoms with Crippen LogP contribution in [-0.4, -0.2) is 34.2 Å². The van der Waals surface area contributed by atoms with Gasteiger partial charge in [-0.25, -0.2) is 0 Å². The van der Waals surface area contributed by atoms with Crippen molar-refractivity contribution < 1.29 is 14.4 Å². The number of imide groups is 1. The molecule has 134 valence electrons. The first-order valence-electron chi connectivity index (χ1n) is 8.32. The van der Waals surface area contributed by atoms with E-state index in [2.05, 4.69) is 44.7 Å². The van der Waals surface area contributed by atoms with Gasteiger partial charge in [-0.3, -0.25) is 24.7 Å². The number of aromatic nitrogens is 1. The van der Waals surface area contributed by atoms with E-state index in [0.29, 0.717) is 17.7 Å². The van der Waals surface area contributed by atoms with Crippen molar-refractivity contribution in [1.82, 2.24) is 15.2 Å². The number of fused-ring (bicyclic) bond motifs is 1. The van der Waals surface area contributed by atoms with Gasteiger partial charge in [0, 0.05) is 40.2 Å². The van der Waals surface area contributed by atoms with Gasteiger partial charge >= 0.3 is 0 Å². The van der Waals surface area contributed by atoms with Crippen LogP contribution in [0, 0.1) is 20.8 Å². The molecule has 3 amide bonds. The van der Waals surface area contributed by atoms with Crippen LogP contribution >= 0.6 is 22.6 Å². The van der Waals surface area contributed by atoms with Gasteiger partial charge in [-0.05, 0) is 52.4 Å². The summed E-state index contributed by atoms with van der Waals surface area (Å²) >= 11 is 2.16. The highest BCUT2D eigenvalue weighted by atomic mass is 127. The van der Waals surface area contributed by atoms with Crippen molar-refractivity contribution in [2.45, 2.75) is 13.0 Å². The van der Waals surface area contributed by atoms with Crippen molar-refractivity contribution in [2.24, 2.45) is 5.41 Å². The van der Waals surface area contributed by atoms with Crippen molar-refractivity contribution in [1.29, 1.82) is 0 Å². The molecule has 0 bridgehead atoms. The summed E-state index contributed by atoms with van der Waals surface area (Å²) in [6, 6.07) is 9.23. The van der Waals surface area contributed by atoms with Crippen LogP contribution in [0.15, 0.2) is 42.7 Å². The van der Waals surface area contributed by atoms with Gasteiger partial charge < -0.3 is 4.90 Å². The maximum atomic E-state index is 12.8. The lowest BCUT2D eigenvalue weighted by molar-refractivity contribution is -0.127. The second kappa shape index (κ2) is 6.78. The first-order valence-corrected chi connectivity index (χ1v) is 9.40.